The van der Waals surface area contributed by atoms with Crippen molar-refractivity contribution in [2.75, 3.05) is 34.3 Å². The number of nitrogens with zero attached hydrogens (tertiary/aromatic N) is 1. The zero-order valence-electron chi connectivity index (χ0n) is 12.3. The molecule has 0 heterocycles. The molecule has 0 bridgehead atoms. The lowest BCUT2D eigenvalue weighted by molar-refractivity contribution is -0.130. The lowest BCUT2D eigenvalue weighted by Crippen LogP contribution is -2.33. The number of hydrogen-bond donors (Lipinski definition) is 1. The summed E-state index contributed by atoms with van der Waals surface area (Å²) in [5, 5.41) is 3.04. The molecule has 106 valence electrons. The van der Waals surface area contributed by atoms with Gasteiger partial charge in [0.05, 0.1) is 7.11 Å². The molecule has 0 saturated heterocycles. The molecule has 1 amide bonds. The van der Waals surface area contributed by atoms with Crippen LogP contribution in [0.2, 0.25) is 0 Å². The summed E-state index contributed by atoms with van der Waals surface area (Å²) in [7, 11) is 5.39. The third-order valence-electron chi connectivity index (χ3n) is 3.29. The van der Waals surface area contributed by atoms with Crippen molar-refractivity contribution < 1.29 is 9.53 Å². The normalized spacial score (nSPS) is 12.0. The maximum atomic E-state index is 12.0. The highest BCUT2D eigenvalue weighted by Crippen LogP contribution is 2.22. The first kappa shape index (κ1) is 15.5. The standard InChI is InChI=1S/C15H24N2O2/c1-12(11-15(18)17(3)10-9-16-2)13-5-7-14(19-4)8-6-13/h5-8,12,16H,9-11H2,1-4H3. The van der Waals surface area contributed by atoms with Crippen LogP contribution in [0.25, 0.3) is 0 Å². The van der Waals surface area contributed by atoms with E-state index >= 15 is 0 Å². The van der Waals surface area contributed by atoms with Gasteiger partial charge in [0.1, 0.15) is 5.75 Å². The Hall–Kier alpha value is -1.55. The van der Waals surface area contributed by atoms with Gasteiger partial charge in [-0.1, -0.05) is 19.1 Å². The maximum Gasteiger partial charge on any atom is 0.222 e. The van der Waals surface area contributed by atoms with Crippen LogP contribution in [-0.2, 0) is 4.79 Å². The first-order chi connectivity index (χ1) is 9.08. The Morgan fingerprint density at radius 2 is 2.00 bits per heavy atom. The summed E-state index contributed by atoms with van der Waals surface area (Å²) < 4.78 is 5.13. The number of hydrogen-bond acceptors (Lipinski definition) is 3. The second-order valence-corrected chi connectivity index (χ2v) is 4.80. The Bertz CT molecular complexity index is 390. The van der Waals surface area contributed by atoms with Gasteiger partial charge in [0.25, 0.3) is 0 Å². The van der Waals surface area contributed by atoms with Crippen LogP contribution in [0.3, 0.4) is 0 Å². The van der Waals surface area contributed by atoms with E-state index in [2.05, 4.69) is 12.2 Å². The quantitative estimate of drug-likeness (QED) is 0.817. The molecule has 1 rings (SSSR count). The molecule has 0 aromatic heterocycles. The summed E-state index contributed by atoms with van der Waals surface area (Å²) in [4.78, 5) is 13.8. The van der Waals surface area contributed by atoms with Gasteiger partial charge in [0.15, 0.2) is 0 Å². The summed E-state index contributed by atoms with van der Waals surface area (Å²) in [5.74, 6) is 1.24. The van der Waals surface area contributed by atoms with E-state index in [1.165, 1.54) is 0 Å². The van der Waals surface area contributed by atoms with Crippen LogP contribution in [0.5, 0.6) is 5.75 Å². The molecule has 0 spiro atoms. The van der Waals surface area contributed by atoms with Crippen LogP contribution >= 0.6 is 0 Å². The number of carbonyl (C=O) groups is 1. The molecule has 1 aromatic rings. The van der Waals surface area contributed by atoms with Crippen LogP contribution in [-0.4, -0.2) is 45.1 Å². The van der Waals surface area contributed by atoms with Crippen molar-refractivity contribution >= 4 is 5.91 Å². The van der Waals surface area contributed by atoms with Gasteiger partial charge in [0, 0.05) is 26.6 Å². The van der Waals surface area contributed by atoms with Crippen LogP contribution in [0.4, 0.5) is 0 Å². The number of carbonyl (C=O) groups excluding carboxylic acids is 1. The first-order valence-electron chi connectivity index (χ1n) is 6.61. The number of methoxy groups -OCH3 is 1. The highest BCUT2D eigenvalue weighted by atomic mass is 16.5. The van der Waals surface area contributed by atoms with Gasteiger partial charge >= 0.3 is 0 Å². The predicted octanol–water partition coefficient (Wildman–Crippen LogP) is 1.87. The largest absolute Gasteiger partial charge is 0.497 e. The van der Waals surface area contributed by atoms with E-state index in [4.69, 9.17) is 4.74 Å². The molecular weight excluding hydrogens is 240 g/mol. The molecule has 19 heavy (non-hydrogen) atoms. The van der Waals surface area contributed by atoms with E-state index in [9.17, 15) is 4.79 Å². The zero-order valence-corrected chi connectivity index (χ0v) is 12.3. The molecular formula is C15H24N2O2. The number of likely N-dealkylation sites (N-methyl/N-ethyl adjacent to an activating group) is 2. The van der Waals surface area contributed by atoms with Crippen molar-refractivity contribution in [1.29, 1.82) is 0 Å². The van der Waals surface area contributed by atoms with E-state index in [1.807, 2.05) is 38.4 Å². The van der Waals surface area contributed by atoms with Crippen molar-refractivity contribution in [2.24, 2.45) is 0 Å². The summed E-state index contributed by atoms with van der Waals surface area (Å²) in [6.07, 6.45) is 0.534. The third kappa shape index (κ3) is 4.91. The molecule has 0 radical (unpaired) electrons. The lowest BCUT2D eigenvalue weighted by Gasteiger charge is -2.19. The highest BCUT2D eigenvalue weighted by Gasteiger charge is 2.14. The van der Waals surface area contributed by atoms with E-state index in [-0.39, 0.29) is 11.8 Å². The molecule has 0 saturated carbocycles. The van der Waals surface area contributed by atoms with Gasteiger partial charge in [-0.05, 0) is 30.7 Å². The molecule has 0 aliphatic rings. The Morgan fingerprint density at radius 3 is 2.53 bits per heavy atom. The average molecular weight is 264 g/mol. The van der Waals surface area contributed by atoms with Gasteiger partial charge in [-0.2, -0.15) is 0 Å². The number of nitrogens with one attached hydrogen (secondary N) is 1. The van der Waals surface area contributed by atoms with Crippen molar-refractivity contribution in [1.82, 2.24) is 10.2 Å². The number of ether oxygens (including phenoxy) is 1. The fraction of sp³-hybridized carbons (Fsp3) is 0.533. The van der Waals surface area contributed by atoms with Crippen LogP contribution < -0.4 is 10.1 Å². The number of benzene rings is 1. The van der Waals surface area contributed by atoms with Gasteiger partial charge in [-0.3, -0.25) is 4.79 Å². The second-order valence-electron chi connectivity index (χ2n) is 4.80. The van der Waals surface area contributed by atoms with Gasteiger partial charge in [-0.15, -0.1) is 0 Å². The summed E-state index contributed by atoms with van der Waals surface area (Å²) in [6, 6.07) is 7.90. The van der Waals surface area contributed by atoms with Crippen LogP contribution in [0.1, 0.15) is 24.8 Å². The maximum absolute atomic E-state index is 12.0. The molecule has 0 aliphatic carbocycles. The Balaban J connectivity index is 2.53. The minimum atomic E-state index is 0.179. The molecule has 4 nitrogen and oxygen atoms in total. The smallest absolute Gasteiger partial charge is 0.222 e. The fourth-order valence-electron chi connectivity index (χ4n) is 1.87. The lowest BCUT2D eigenvalue weighted by atomic mass is 9.97. The molecule has 1 N–H and O–H groups in total. The SMILES string of the molecule is CNCCN(C)C(=O)CC(C)c1ccc(OC)cc1. The highest BCUT2D eigenvalue weighted by molar-refractivity contribution is 5.76. The zero-order chi connectivity index (χ0) is 14.3. The van der Waals surface area contributed by atoms with Gasteiger partial charge < -0.3 is 15.0 Å². The minimum Gasteiger partial charge on any atom is -0.497 e. The summed E-state index contributed by atoms with van der Waals surface area (Å²) in [6.45, 7) is 3.63. The fourth-order valence-corrected chi connectivity index (χ4v) is 1.87. The van der Waals surface area contributed by atoms with Gasteiger partial charge in [-0.25, -0.2) is 0 Å². The van der Waals surface area contributed by atoms with Crippen molar-refractivity contribution in [3.63, 3.8) is 0 Å². The minimum absolute atomic E-state index is 0.179. The molecule has 0 fully saturated rings. The predicted molar refractivity (Wildman–Crippen MR) is 77.6 cm³/mol. The van der Waals surface area contributed by atoms with Crippen LogP contribution in [0.15, 0.2) is 24.3 Å². The molecule has 0 aliphatic heterocycles. The Kier molecular flexibility index (Phi) is 6.36. The summed E-state index contributed by atoms with van der Waals surface area (Å²) in [5.41, 5.74) is 1.16. The monoisotopic (exact) mass is 264 g/mol. The Morgan fingerprint density at radius 1 is 1.37 bits per heavy atom. The van der Waals surface area contributed by atoms with E-state index < -0.39 is 0 Å². The van der Waals surface area contributed by atoms with E-state index in [0.717, 1.165) is 24.4 Å². The topological polar surface area (TPSA) is 41.6 Å². The van der Waals surface area contributed by atoms with Crippen molar-refractivity contribution in [3.05, 3.63) is 29.8 Å². The average Bonchev–Trinajstić information content (AvgIpc) is 2.44. The van der Waals surface area contributed by atoms with Crippen molar-refractivity contribution in [2.45, 2.75) is 19.3 Å². The molecule has 1 unspecified atom stereocenters. The van der Waals surface area contributed by atoms with Gasteiger partial charge in [0.2, 0.25) is 5.91 Å². The van der Waals surface area contributed by atoms with Crippen LogP contribution in [0, 0.1) is 0 Å². The van der Waals surface area contributed by atoms with E-state index in [0.29, 0.717) is 6.42 Å². The summed E-state index contributed by atoms with van der Waals surface area (Å²) >= 11 is 0. The second kappa shape index (κ2) is 7.79. The third-order valence-corrected chi connectivity index (χ3v) is 3.29. The van der Waals surface area contributed by atoms with Crippen molar-refractivity contribution in [3.8, 4) is 5.75 Å². The first-order valence-corrected chi connectivity index (χ1v) is 6.61. The number of rotatable bonds is 7. The molecule has 1 aromatic carbocycles. The molecule has 4 heteroatoms. The van der Waals surface area contributed by atoms with E-state index in [1.54, 1.807) is 12.0 Å². The molecule has 1 atom stereocenters. The number of amides is 1. The Labute approximate surface area is 115 Å².